The summed E-state index contributed by atoms with van der Waals surface area (Å²) in [6, 6.07) is 5.96. The van der Waals surface area contributed by atoms with Crippen LogP contribution in [0.5, 0.6) is 0 Å². The second-order valence-electron chi connectivity index (χ2n) is 3.04. The first-order chi connectivity index (χ1) is 7.31. The first kappa shape index (κ1) is 10.1. The molecule has 0 radical (unpaired) electrons. The number of aromatic nitrogens is 2. The van der Waals surface area contributed by atoms with Gasteiger partial charge in [0.1, 0.15) is 5.82 Å². The van der Waals surface area contributed by atoms with E-state index < -0.39 is 0 Å². The van der Waals surface area contributed by atoms with Crippen LogP contribution in [0.15, 0.2) is 41.3 Å². The summed E-state index contributed by atoms with van der Waals surface area (Å²) in [5.41, 5.74) is 2.18. The Hall–Kier alpha value is -1.42. The highest BCUT2D eigenvalue weighted by molar-refractivity contribution is 9.10. The minimum atomic E-state index is 0.841. The molecule has 0 saturated carbocycles. The second kappa shape index (κ2) is 4.40. The normalized spacial score (nSPS) is 10.0. The fourth-order valence-electron chi connectivity index (χ4n) is 1.32. The average Bonchev–Trinajstić information content (AvgIpc) is 2.30. The van der Waals surface area contributed by atoms with Gasteiger partial charge in [-0.05, 0) is 39.7 Å². The van der Waals surface area contributed by atoms with Crippen molar-refractivity contribution in [3.8, 4) is 11.1 Å². The molecule has 0 aromatic carbocycles. The molecule has 0 spiro atoms. The van der Waals surface area contributed by atoms with Crippen molar-refractivity contribution in [2.24, 2.45) is 0 Å². The molecule has 1 N–H and O–H groups in total. The van der Waals surface area contributed by atoms with Crippen LogP contribution in [0, 0.1) is 0 Å². The Morgan fingerprint density at radius 1 is 1.20 bits per heavy atom. The summed E-state index contributed by atoms with van der Waals surface area (Å²) in [5, 5.41) is 3.00. The number of halogens is 1. The van der Waals surface area contributed by atoms with Gasteiger partial charge in [-0.1, -0.05) is 0 Å². The van der Waals surface area contributed by atoms with Crippen LogP contribution in [-0.2, 0) is 0 Å². The minimum absolute atomic E-state index is 0.841. The van der Waals surface area contributed by atoms with Gasteiger partial charge in [0.2, 0.25) is 0 Å². The number of rotatable bonds is 2. The number of pyridine rings is 2. The highest BCUT2D eigenvalue weighted by Gasteiger charge is 2.02. The molecule has 2 rings (SSSR count). The smallest absolute Gasteiger partial charge is 0.140 e. The third kappa shape index (κ3) is 2.15. The van der Waals surface area contributed by atoms with Crippen LogP contribution >= 0.6 is 15.9 Å². The summed E-state index contributed by atoms with van der Waals surface area (Å²) in [6.07, 6.45) is 5.39. The first-order valence-corrected chi connectivity index (χ1v) is 5.34. The highest BCUT2D eigenvalue weighted by atomic mass is 79.9. The molecule has 0 saturated heterocycles. The monoisotopic (exact) mass is 263 g/mol. The summed E-state index contributed by atoms with van der Waals surface area (Å²) in [5.74, 6) is 0.841. The summed E-state index contributed by atoms with van der Waals surface area (Å²) < 4.78 is 0.958. The van der Waals surface area contributed by atoms with Crippen molar-refractivity contribution < 1.29 is 0 Å². The molecule has 2 heterocycles. The number of nitrogens with one attached hydrogen (secondary N) is 1. The van der Waals surface area contributed by atoms with Crippen molar-refractivity contribution in [2.45, 2.75) is 0 Å². The van der Waals surface area contributed by atoms with Gasteiger partial charge < -0.3 is 5.32 Å². The number of hydrogen-bond donors (Lipinski definition) is 1. The Morgan fingerprint density at radius 2 is 1.93 bits per heavy atom. The lowest BCUT2D eigenvalue weighted by Gasteiger charge is -2.05. The Labute approximate surface area is 96.7 Å². The van der Waals surface area contributed by atoms with E-state index in [4.69, 9.17) is 0 Å². The van der Waals surface area contributed by atoms with E-state index in [0.29, 0.717) is 0 Å². The zero-order valence-corrected chi connectivity index (χ0v) is 9.82. The fourth-order valence-corrected chi connectivity index (χ4v) is 1.87. The molecule has 4 heteroatoms. The summed E-state index contributed by atoms with van der Waals surface area (Å²) >= 11 is 3.46. The Bertz CT molecular complexity index is 457. The van der Waals surface area contributed by atoms with Gasteiger partial charge in [-0.3, -0.25) is 4.98 Å². The zero-order valence-electron chi connectivity index (χ0n) is 8.24. The van der Waals surface area contributed by atoms with Gasteiger partial charge in [0, 0.05) is 31.2 Å². The van der Waals surface area contributed by atoms with E-state index in [9.17, 15) is 0 Å². The van der Waals surface area contributed by atoms with E-state index >= 15 is 0 Å². The van der Waals surface area contributed by atoms with Crippen LogP contribution in [0.1, 0.15) is 0 Å². The maximum absolute atomic E-state index is 4.29. The first-order valence-electron chi connectivity index (χ1n) is 4.55. The van der Waals surface area contributed by atoms with Gasteiger partial charge in [0.05, 0.1) is 4.47 Å². The lowest BCUT2D eigenvalue weighted by atomic mass is 10.1. The van der Waals surface area contributed by atoms with Crippen molar-refractivity contribution >= 4 is 21.7 Å². The SMILES string of the molecule is CNc1ncc(-c2ccncc2)cc1Br. The van der Waals surface area contributed by atoms with Crippen LogP contribution < -0.4 is 5.32 Å². The van der Waals surface area contributed by atoms with E-state index in [1.807, 2.05) is 31.4 Å². The van der Waals surface area contributed by atoms with E-state index in [2.05, 4.69) is 31.2 Å². The van der Waals surface area contributed by atoms with Crippen LogP contribution in [0.25, 0.3) is 11.1 Å². The largest absolute Gasteiger partial charge is 0.372 e. The number of anilines is 1. The topological polar surface area (TPSA) is 37.8 Å². The van der Waals surface area contributed by atoms with Gasteiger partial charge in [0.25, 0.3) is 0 Å². The van der Waals surface area contributed by atoms with Crippen molar-refractivity contribution in [2.75, 3.05) is 12.4 Å². The summed E-state index contributed by atoms with van der Waals surface area (Å²) in [6.45, 7) is 0. The molecule has 3 nitrogen and oxygen atoms in total. The van der Waals surface area contributed by atoms with Crippen LogP contribution in [0.3, 0.4) is 0 Å². The van der Waals surface area contributed by atoms with Gasteiger partial charge in [-0.15, -0.1) is 0 Å². The van der Waals surface area contributed by atoms with Gasteiger partial charge in [-0.25, -0.2) is 4.98 Å². The quantitative estimate of drug-likeness (QED) is 0.906. The lowest BCUT2D eigenvalue weighted by molar-refractivity contribution is 1.26. The molecular formula is C11H10BrN3. The molecule has 0 amide bonds. The molecule has 2 aromatic heterocycles. The fraction of sp³-hybridized carbons (Fsp3) is 0.0909. The molecule has 0 aliphatic carbocycles. The van der Waals surface area contributed by atoms with E-state index in [1.165, 1.54) is 0 Å². The maximum Gasteiger partial charge on any atom is 0.140 e. The van der Waals surface area contributed by atoms with Crippen molar-refractivity contribution in [3.05, 3.63) is 41.3 Å². The molecule has 76 valence electrons. The standard InChI is InChI=1S/C11H10BrN3/c1-13-11-10(12)6-9(7-15-11)8-2-4-14-5-3-8/h2-7H,1H3,(H,13,15). The highest BCUT2D eigenvalue weighted by Crippen LogP contribution is 2.26. The predicted molar refractivity (Wildman–Crippen MR) is 64.7 cm³/mol. The second-order valence-corrected chi connectivity index (χ2v) is 3.89. The Morgan fingerprint density at radius 3 is 2.53 bits per heavy atom. The van der Waals surface area contributed by atoms with E-state index in [1.54, 1.807) is 12.4 Å². The van der Waals surface area contributed by atoms with Gasteiger partial charge >= 0.3 is 0 Å². The molecule has 0 aliphatic heterocycles. The third-order valence-electron chi connectivity index (χ3n) is 2.09. The lowest BCUT2D eigenvalue weighted by Crippen LogP contribution is -1.93. The number of hydrogen-bond acceptors (Lipinski definition) is 3. The maximum atomic E-state index is 4.29. The molecule has 2 aromatic rings. The van der Waals surface area contributed by atoms with Crippen molar-refractivity contribution in [1.29, 1.82) is 0 Å². The minimum Gasteiger partial charge on any atom is -0.372 e. The Kier molecular flexibility index (Phi) is 2.97. The molecule has 15 heavy (non-hydrogen) atoms. The van der Waals surface area contributed by atoms with E-state index in [0.717, 1.165) is 21.4 Å². The predicted octanol–water partition coefficient (Wildman–Crippen LogP) is 2.95. The molecule has 0 bridgehead atoms. The number of nitrogens with zero attached hydrogens (tertiary/aromatic N) is 2. The van der Waals surface area contributed by atoms with Crippen LogP contribution in [0.2, 0.25) is 0 Å². The van der Waals surface area contributed by atoms with Crippen molar-refractivity contribution in [1.82, 2.24) is 9.97 Å². The van der Waals surface area contributed by atoms with Crippen LogP contribution in [-0.4, -0.2) is 17.0 Å². The average molecular weight is 264 g/mol. The summed E-state index contributed by atoms with van der Waals surface area (Å²) in [7, 11) is 1.85. The van der Waals surface area contributed by atoms with Gasteiger partial charge in [-0.2, -0.15) is 0 Å². The molecule has 0 aliphatic rings. The zero-order chi connectivity index (χ0) is 10.7. The molecule has 0 atom stereocenters. The molecule has 0 fully saturated rings. The van der Waals surface area contributed by atoms with Gasteiger partial charge in [0.15, 0.2) is 0 Å². The van der Waals surface area contributed by atoms with Crippen LogP contribution in [0.4, 0.5) is 5.82 Å². The Balaban J connectivity index is 2.43. The van der Waals surface area contributed by atoms with E-state index in [-0.39, 0.29) is 0 Å². The summed E-state index contributed by atoms with van der Waals surface area (Å²) in [4.78, 5) is 8.28. The third-order valence-corrected chi connectivity index (χ3v) is 2.70. The van der Waals surface area contributed by atoms with Crippen molar-refractivity contribution in [3.63, 3.8) is 0 Å². The molecular weight excluding hydrogens is 254 g/mol. The molecule has 0 unspecified atom stereocenters.